The number of benzene rings is 1. The summed E-state index contributed by atoms with van der Waals surface area (Å²) in [6.07, 6.45) is 3.30. The molecule has 1 aliphatic rings. The molecule has 3 aromatic rings. The summed E-state index contributed by atoms with van der Waals surface area (Å²) in [5, 5.41) is 14.7. The fraction of sp³-hybridized carbons (Fsp3) is 0.250. The van der Waals surface area contributed by atoms with E-state index in [4.69, 9.17) is 13.9 Å². The van der Waals surface area contributed by atoms with Gasteiger partial charge >= 0.3 is 12.0 Å². The van der Waals surface area contributed by atoms with Crippen molar-refractivity contribution in [3.05, 3.63) is 72.1 Å². The van der Waals surface area contributed by atoms with Crippen molar-refractivity contribution < 1.29 is 23.5 Å². The van der Waals surface area contributed by atoms with Crippen LogP contribution in [0.1, 0.15) is 18.5 Å². The lowest BCUT2D eigenvalue weighted by Crippen LogP contribution is -2.46. The Bertz CT molecular complexity index is 1230. The summed E-state index contributed by atoms with van der Waals surface area (Å²) in [5.74, 6) is 1.54. The Morgan fingerprint density at radius 3 is 2.74 bits per heavy atom. The van der Waals surface area contributed by atoms with E-state index < -0.39 is 18.0 Å². The molecule has 1 aromatic carbocycles. The molecule has 0 bridgehead atoms. The monoisotopic (exact) mass is 495 g/mol. The standard InChI is InChI=1S/C24H25N5O5S/c1-4-12-29-21(18-7-6-13-34-18)27-28-24(29)35-14-17-19(22(30)33-5-2)20(26-23(31)25-17)15-8-10-16(32-3)11-9-15/h4,6-11,13,20H,1,5,12,14H2,2-3H3,(H2,25,26,31). The van der Waals surface area contributed by atoms with Gasteiger partial charge < -0.3 is 24.5 Å². The highest BCUT2D eigenvalue weighted by Crippen LogP contribution is 2.32. The summed E-state index contributed by atoms with van der Waals surface area (Å²) in [4.78, 5) is 25.5. The van der Waals surface area contributed by atoms with Gasteiger partial charge in [-0.05, 0) is 36.8 Å². The number of esters is 1. The first-order valence-electron chi connectivity index (χ1n) is 10.9. The predicted molar refractivity (Wildman–Crippen MR) is 130 cm³/mol. The van der Waals surface area contributed by atoms with Crippen molar-refractivity contribution in [2.75, 3.05) is 19.5 Å². The number of nitrogens with zero attached hydrogens (tertiary/aromatic N) is 3. The molecule has 182 valence electrons. The van der Waals surface area contributed by atoms with E-state index in [0.29, 0.717) is 40.3 Å². The van der Waals surface area contributed by atoms with Gasteiger partial charge in [-0.25, -0.2) is 9.59 Å². The van der Waals surface area contributed by atoms with Crippen LogP contribution in [0.2, 0.25) is 0 Å². The molecule has 0 saturated carbocycles. The minimum atomic E-state index is -0.686. The van der Waals surface area contributed by atoms with Crippen molar-refractivity contribution in [2.45, 2.75) is 24.7 Å². The molecule has 2 aromatic heterocycles. The Kier molecular flexibility index (Phi) is 7.56. The number of hydrogen-bond donors (Lipinski definition) is 2. The number of thioether (sulfide) groups is 1. The highest BCUT2D eigenvalue weighted by Gasteiger charge is 2.34. The van der Waals surface area contributed by atoms with Crippen LogP contribution in [0, 0.1) is 0 Å². The Balaban J connectivity index is 1.68. The van der Waals surface area contributed by atoms with Gasteiger partial charge in [-0.3, -0.25) is 4.57 Å². The van der Waals surface area contributed by atoms with Crippen LogP contribution in [-0.4, -0.2) is 46.2 Å². The third-order valence-corrected chi connectivity index (χ3v) is 6.21. The van der Waals surface area contributed by atoms with Crippen LogP contribution in [0.25, 0.3) is 11.6 Å². The first-order valence-corrected chi connectivity index (χ1v) is 11.9. The molecule has 11 heteroatoms. The summed E-state index contributed by atoms with van der Waals surface area (Å²) < 4.78 is 17.9. The Labute approximate surface area is 206 Å². The molecule has 1 atom stereocenters. The molecule has 0 spiro atoms. The lowest BCUT2D eigenvalue weighted by molar-refractivity contribution is -0.139. The van der Waals surface area contributed by atoms with Crippen LogP contribution < -0.4 is 15.4 Å². The van der Waals surface area contributed by atoms with E-state index >= 15 is 0 Å². The van der Waals surface area contributed by atoms with Crippen molar-refractivity contribution in [3.8, 4) is 17.3 Å². The number of methoxy groups -OCH3 is 1. The van der Waals surface area contributed by atoms with Crippen molar-refractivity contribution >= 4 is 23.8 Å². The molecule has 0 aliphatic carbocycles. The highest BCUT2D eigenvalue weighted by molar-refractivity contribution is 7.99. The van der Waals surface area contributed by atoms with Crippen molar-refractivity contribution in [1.29, 1.82) is 0 Å². The highest BCUT2D eigenvalue weighted by atomic mass is 32.2. The maximum atomic E-state index is 13.0. The van der Waals surface area contributed by atoms with Gasteiger partial charge in [0.05, 0.1) is 31.6 Å². The zero-order chi connectivity index (χ0) is 24.8. The molecule has 10 nitrogen and oxygen atoms in total. The minimum Gasteiger partial charge on any atom is -0.497 e. The van der Waals surface area contributed by atoms with E-state index in [0.717, 1.165) is 5.56 Å². The van der Waals surface area contributed by atoms with Gasteiger partial charge in [0.25, 0.3) is 0 Å². The Hall–Kier alpha value is -3.99. The third kappa shape index (κ3) is 5.24. The second-order valence-corrected chi connectivity index (χ2v) is 8.33. The van der Waals surface area contributed by atoms with Crippen molar-refractivity contribution in [1.82, 2.24) is 25.4 Å². The number of rotatable bonds is 10. The zero-order valence-corrected chi connectivity index (χ0v) is 20.1. The molecule has 2 N–H and O–H groups in total. The maximum Gasteiger partial charge on any atom is 0.338 e. The number of carbonyl (C=O) groups excluding carboxylic acids is 2. The van der Waals surface area contributed by atoms with E-state index in [1.807, 2.05) is 4.57 Å². The lowest BCUT2D eigenvalue weighted by atomic mass is 9.95. The SMILES string of the molecule is C=CCn1c(SCC2=C(C(=O)OCC)C(c3ccc(OC)cc3)NC(=O)N2)nnc1-c1ccco1. The fourth-order valence-electron chi connectivity index (χ4n) is 3.64. The lowest BCUT2D eigenvalue weighted by Gasteiger charge is -2.29. The van der Waals surface area contributed by atoms with E-state index in [9.17, 15) is 9.59 Å². The smallest absolute Gasteiger partial charge is 0.338 e. The number of nitrogens with one attached hydrogen (secondary N) is 2. The molecule has 1 aliphatic heterocycles. The van der Waals surface area contributed by atoms with E-state index in [2.05, 4.69) is 27.4 Å². The van der Waals surface area contributed by atoms with Crippen LogP contribution in [0.4, 0.5) is 4.79 Å². The first kappa shape index (κ1) is 24.1. The number of aromatic nitrogens is 3. The van der Waals surface area contributed by atoms with Crippen LogP contribution in [0.5, 0.6) is 5.75 Å². The van der Waals surface area contributed by atoms with Crippen LogP contribution in [0.15, 0.2) is 76.2 Å². The second-order valence-electron chi connectivity index (χ2n) is 7.39. The van der Waals surface area contributed by atoms with Crippen LogP contribution in [0.3, 0.4) is 0 Å². The number of amides is 2. The number of furan rings is 1. The molecule has 0 saturated heterocycles. The van der Waals surface area contributed by atoms with Crippen molar-refractivity contribution in [2.24, 2.45) is 0 Å². The predicted octanol–water partition coefficient (Wildman–Crippen LogP) is 3.70. The molecule has 4 rings (SSSR count). The average Bonchev–Trinajstić information content (AvgIpc) is 3.53. The largest absolute Gasteiger partial charge is 0.497 e. The molecule has 35 heavy (non-hydrogen) atoms. The topological polar surface area (TPSA) is 121 Å². The Morgan fingerprint density at radius 2 is 2.09 bits per heavy atom. The second kappa shape index (κ2) is 11.0. The fourth-order valence-corrected chi connectivity index (χ4v) is 4.56. The zero-order valence-electron chi connectivity index (χ0n) is 19.3. The third-order valence-electron chi connectivity index (χ3n) is 5.21. The Morgan fingerprint density at radius 1 is 1.29 bits per heavy atom. The summed E-state index contributed by atoms with van der Waals surface area (Å²) in [7, 11) is 1.57. The van der Waals surface area contributed by atoms with E-state index in [-0.39, 0.29) is 12.4 Å². The van der Waals surface area contributed by atoms with Gasteiger partial charge in [-0.15, -0.1) is 16.8 Å². The molecular weight excluding hydrogens is 470 g/mol. The maximum absolute atomic E-state index is 13.0. The summed E-state index contributed by atoms with van der Waals surface area (Å²) >= 11 is 1.33. The number of carbonyl (C=O) groups is 2. The quantitative estimate of drug-likeness (QED) is 0.248. The van der Waals surface area contributed by atoms with Crippen LogP contribution in [-0.2, 0) is 16.1 Å². The number of hydrogen-bond acceptors (Lipinski definition) is 8. The van der Waals surface area contributed by atoms with Gasteiger partial charge in [-0.2, -0.15) is 0 Å². The average molecular weight is 496 g/mol. The molecule has 2 amide bonds. The van der Waals surface area contributed by atoms with Gasteiger partial charge in [0, 0.05) is 18.0 Å². The molecule has 0 fully saturated rings. The minimum absolute atomic E-state index is 0.201. The van der Waals surface area contributed by atoms with E-state index in [1.165, 1.54) is 11.8 Å². The van der Waals surface area contributed by atoms with Gasteiger partial charge in [0.15, 0.2) is 10.9 Å². The van der Waals surface area contributed by atoms with Crippen molar-refractivity contribution in [3.63, 3.8) is 0 Å². The molecular formula is C24H25N5O5S. The van der Waals surface area contributed by atoms with Gasteiger partial charge in [0.1, 0.15) is 5.75 Å². The summed E-state index contributed by atoms with van der Waals surface area (Å²) in [5.41, 5.74) is 1.48. The summed E-state index contributed by atoms with van der Waals surface area (Å²) in [6.45, 7) is 6.20. The van der Waals surface area contributed by atoms with Gasteiger partial charge in [-0.1, -0.05) is 30.0 Å². The van der Waals surface area contributed by atoms with E-state index in [1.54, 1.807) is 62.8 Å². The first-order chi connectivity index (χ1) is 17.0. The number of ether oxygens (including phenoxy) is 2. The number of allylic oxidation sites excluding steroid dienone is 1. The van der Waals surface area contributed by atoms with Gasteiger partial charge in [0.2, 0.25) is 5.82 Å². The molecule has 0 radical (unpaired) electrons. The number of urea groups is 1. The summed E-state index contributed by atoms with van der Waals surface area (Å²) in [6, 6.07) is 9.61. The molecule has 3 heterocycles. The normalized spacial score (nSPS) is 15.4. The molecule has 1 unspecified atom stereocenters. The van der Waals surface area contributed by atoms with Crippen LogP contribution >= 0.6 is 11.8 Å².